The SMILES string of the molecule is CC1(C)CCC(C)(C)c2cc(C(=O)OCCc3ccc(NC(=O)CC4CCCC4)cc3)ccc21. The first kappa shape index (κ1) is 24.5. The van der Waals surface area contributed by atoms with Gasteiger partial charge in [0.2, 0.25) is 5.91 Å². The lowest BCUT2D eigenvalue weighted by atomic mass is 9.63. The van der Waals surface area contributed by atoms with Crippen LogP contribution in [0, 0.1) is 5.92 Å². The monoisotopic (exact) mass is 461 g/mol. The summed E-state index contributed by atoms with van der Waals surface area (Å²) in [5, 5.41) is 3.00. The van der Waals surface area contributed by atoms with Crippen molar-refractivity contribution in [1.29, 1.82) is 0 Å². The number of esters is 1. The second-order valence-electron chi connectivity index (χ2n) is 11.5. The van der Waals surface area contributed by atoms with E-state index in [0.717, 1.165) is 24.1 Å². The van der Waals surface area contributed by atoms with Gasteiger partial charge in [0.05, 0.1) is 12.2 Å². The minimum atomic E-state index is -0.266. The maximum Gasteiger partial charge on any atom is 0.338 e. The summed E-state index contributed by atoms with van der Waals surface area (Å²) in [5.41, 5.74) is 5.34. The molecule has 4 heteroatoms. The van der Waals surface area contributed by atoms with Crippen LogP contribution in [0.15, 0.2) is 42.5 Å². The van der Waals surface area contributed by atoms with Crippen LogP contribution in [0.25, 0.3) is 0 Å². The third-order valence-electron chi connectivity index (χ3n) is 7.90. The molecule has 0 aromatic heterocycles. The van der Waals surface area contributed by atoms with Gasteiger partial charge in [-0.15, -0.1) is 0 Å². The number of carbonyl (C=O) groups excluding carboxylic acids is 2. The van der Waals surface area contributed by atoms with Crippen molar-refractivity contribution in [3.05, 3.63) is 64.7 Å². The van der Waals surface area contributed by atoms with E-state index in [1.165, 1.54) is 36.8 Å². The zero-order chi connectivity index (χ0) is 24.3. The van der Waals surface area contributed by atoms with Crippen molar-refractivity contribution in [1.82, 2.24) is 0 Å². The highest BCUT2D eigenvalue weighted by atomic mass is 16.5. The van der Waals surface area contributed by atoms with E-state index in [2.05, 4.69) is 39.1 Å². The summed E-state index contributed by atoms with van der Waals surface area (Å²) in [7, 11) is 0. The number of hydrogen-bond donors (Lipinski definition) is 1. The normalized spacial score (nSPS) is 18.8. The Morgan fingerprint density at radius 3 is 2.24 bits per heavy atom. The number of fused-ring (bicyclic) bond motifs is 1. The van der Waals surface area contributed by atoms with Crippen LogP contribution < -0.4 is 5.32 Å². The molecule has 2 aromatic rings. The van der Waals surface area contributed by atoms with Gasteiger partial charge in [-0.2, -0.15) is 0 Å². The van der Waals surface area contributed by atoms with E-state index in [9.17, 15) is 9.59 Å². The van der Waals surface area contributed by atoms with Crippen molar-refractivity contribution in [2.45, 2.75) is 89.9 Å². The molecule has 0 radical (unpaired) electrons. The molecule has 2 aliphatic rings. The summed E-state index contributed by atoms with van der Waals surface area (Å²) < 4.78 is 5.60. The molecule has 1 amide bonds. The first-order valence-electron chi connectivity index (χ1n) is 12.8. The third-order valence-corrected chi connectivity index (χ3v) is 7.90. The minimum absolute atomic E-state index is 0.0649. The van der Waals surface area contributed by atoms with Crippen molar-refractivity contribution in [3.8, 4) is 0 Å². The Morgan fingerprint density at radius 1 is 0.912 bits per heavy atom. The molecule has 0 spiro atoms. The lowest BCUT2D eigenvalue weighted by molar-refractivity contribution is -0.117. The van der Waals surface area contributed by atoms with Gasteiger partial charge in [-0.1, -0.05) is 58.7 Å². The molecule has 1 N–H and O–H groups in total. The highest BCUT2D eigenvalue weighted by molar-refractivity contribution is 5.91. The predicted molar refractivity (Wildman–Crippen MR) is 137 cm³/mol. The van der Waals surface area contributed by atoms with Crippen molar-refractivity contribution in [2.75, 3.05) is 11.9 Å². The second kappa shape index (κ2) is 9.93. The zero-order valence-corrected chi connectivity index (χ0v) is 21.2. The lowest BCUT2D eigenvalue weighted by Crippen LogP contribution is -2.34. The number of amides is 1. The van der Waals surface area contributed by atoms with Crippen LogP contribution in [0.4, 0.5) is 5.69 Å². The van der Waals surface area contributed by atoms with Gasteiger partial charge < -0.3 is 10.1 Å². The van der Waals surface area contributed by atoms with Crippen LogP contribution >= 0.6 is 0 Å². The van der Waals surface area contributed by atoms with Crippen LogP contribution in [-0.2, 0) is 26.8 Å². The second-order valence-corrected chi connectivity index (χ2v) is 11.5. The Kier molecular flexibility index (Phi) is 7.16. The van der Waals surface area contributed by atoms with Crippen molar-refractivity contribution in [3.63, 3.8) is 0 Å². The number of nitrogens with one attached hydrogen (secondary N) is 1. The number of benzene rings is 2. The van der Waals surface area contributed by atoms with Gasteiger partial charge in [-0.25, -0.2) is 4.79 Å². The molecule has 4 rings (SSSR count). The molecule has 182 valence electrons. The summed E-state index contributed by atoms with van der Waals surface area (Å²) >= 11 is 0. The Balaban J connectivity index is 1.29. The number of ether oxygens (including phenoxy) is 1. The molecule has 0 bridgehead atoms. The topological polar surface area (TPSA) is 55.4 Å². The standard InChI is InChI=1S/C30H39NO3/c1-29(2)16-17-30(3,4)26-20-23(11-14-25(26)29)28(33)34-18-15-21-9-12-24(13-10-21)31-27(32)19-22-7-5-6-8-22/h9-14,20,22H,5-8,15-19H2,1-4H3,(H,31,32). The van der Waals surface area contributed by atoms with Crippen LogP contribution in [0.5, 0.6) is 0 Å². The molecular weight excluding hydrogens is 422 g/mol. The fraction of sp³-hybridized carbons (Fsp3) is 0.533. The van der Waals surface area contributed by atoms with Crippen molar-refractivity contribution < 1.29 is 14.3 Å². The van der Waals surface area contributed by atoms with Gasteiger partial charge >= 0.3 is 5.97 Å². The van der Waals surface area contributed by atoms with Crippen LogP contribution in [0.3, 0.4) is 0 Å². The molecule has 4 nitrogen and oxygen atoms in total. The van der Waals surface area contributed by atoms with E-state index in [0.29, 0.717) is 30.9 Å². The number of carbonyl (C=O) groups is 2. The van der Waals surface area contributed by atoms with Gasteiger partial charge in [-0.05, 0) is 83.4 Å². The minimum Gasteiger partial charge on any atom is -0.462 e. The largest absolute Gasteiger partial charge is 0.462 e. The maximum atomic E-state index is 12.7. The summed E-state index contributed by atoms with van der Waals surface area (Å²) in [6.07, 6.45) is 8.38. The van der Waals surface area contributed by atoms with Gasteiger partial charge in [0.1, 0.15) is 0 Å². The average molecular weight is 462 g/mol. The first-order valence-corrected chi connectivity index (χ1v) is 12.8. The fourth-order valence-corrected chi connectivity index (χ4v) is 5.50. The highest BCUT2D eigenvalue weighted by Crippen LogP contribution is 2.45. The van der Waals surface area contributed by atoms with E-state index >= 15 is 0 Å². The average Bonchev–Trinajstić information content (AvgIpc) is 3.31. The van der Waals surface area contributed by atoms with Gasteiger partial charge in [-0.3, -0.25) is 4.79 Å². The Bertz CT molecular complexity index is 1030. The molecule has 0 saturated heterocycles. The third kappa shape index (κ3) is 5.71. The van der Waals surface area contributed by atoms with Crippen LogP contribution in [0.1, 0.15) is 99.7 Å². The number of rotatable bonds is 7. The molecular formula is C30H39NO3. The Hall–Kier alpha value is -2.62. The predicted octanol–water partition coefficient (Wildman–Crippen LogP) is 6.95. The fourth-order valence-electron chi connectivity index (χ4n) is 5.50. The number of anilines is 1. The Morgan fingerprint density at radius 2 is 1.56 bits per heavy atom. The summed E-state index contributed by atoms with van der Waals surface area (Å²) in [6, 6.07) is 13.9. The molecule has 0 atom stereocenters. The zero-order valence-electron chi connectivity index (χ0n) is 21.2. The highest BCUT2D eigenvalue weighted by Gasteiger charge is 2.37. The molecule has 1 saturated carbocycles. The van der Waals surface area contributed by atoms with Crippen LogP contribution in [0.2, 0.25) is 0 Å². The van der Waals surface area contributed by atoms with E-state index in [1.54, 1.807) is 0 Å². The van der Waals surface area contributed by atoms with Gasteiger partial charge in [0.15, 0.2) is 0 Å². The number of hydrogen-bond acceptors (Lipinski definition) is 3. The summed E-state index contributed by atoms with van der Waals surface area (Å²) in [6.45, 7) is 9.42. The quantitative estimate of drug-likeness (QED) is 0.454. The lowest BCUT2D eigenvalue weighted by Gasteiger charge is -2.41. The smallest absolute Gasteiger partial charge is 0.338 e. The Labute approximate surface area is 204 Å². The molecule has 0 aliphatic heterocycles. The molecule has 2 aromatic carbocycles. The summed E-state index contributed by atoms with van der Waals surface area (Å²) in [5.74, 6) is 0.379. The molecule has 1 fully saturated rings. The molecule has 0 unspecified atom stereocenters. The van der Waals surface area contributed by atoms with Gasteiger partial charge in [0, 0.05) is 18.5 Å². The maximum absolute atomic E-state index is 12.7. The van der Waals surface area contributed by atoms with E-state index in [1.807, 2.05) is 36.4 Å². The van der Waals surface area contributed by atoms with Gasteiger partial charge in [0.25, 0.3) is 0 Å². The first-order chi connectivity index (χ1) is 16.1. The van der Waals surface area contributed by atoms with E-state index in [4.69, 9.17) is 4.74 Å². The summed E-state index contributed by atoms with van der Waals surface area (Å²) in [4.78, 5) is 25.0. The van der Waals surface area contributed by atoms with Crippen molar-refractivity contribution in [2.24, 2.45) is 5.92 Å². The van der Waals surface area contributed by atoms with E-state index < -0.39 is 0 Å². The van der Waals surface area contributed by atoms with E-state index in [-0.39, 0.29) is 22.7 Å². The molecule has 2 aliphatic carbocycles. The molecule has 0 heterocycles. The van der Waals surface area contributed by atoms with Crippen molar-refractivity contribution >= 4 is 17.6 Å². The van der Waals surface area contributed by atoms with Crippen LogP contribution in [-0.4, -0.2) is 18.5 Å². The molecule has 34 heavy (non-hydrogen) atoms.